The Kier molecular flexibility index (Phi) is 5.79. The number of nitrogens with zero attached hydrogens (tertiary/aromatic N) is 2. The third kappa shape index (κ3) is 4.77. The Morgan fingerprint density at radius 1 is 0.929 bits per heavy atom. The van der Waals surface area contributed by atoms with Crippen LogP contribution in [0.15, 0.2) is 59.5 Å². The molecule has 0 saturated heterocycles. The Hall–Kier alpha value is -3.13. The standard InChI is InChI=1S/C20H22N4O3S/c1-4-27-17-8-6-16(7-9-17)21-19-11-12-20(23-22-19)24-28(25,26)18-10-5-14(2)13-15(18)3/h5-13H,4H2,1-3H3,(H,21,22)(H,23,24). The average Bonchev–Trinajstić information content (AvgIpc) is 2.64. The summed E-state index contributed by atoms with van der Waals surface area (Å²) < 4.78 is 33.0. The Bertz CT molecular complexity index is 1050. The van der Waals surface area contributed by atoms with Gasteiger partial charge in [-0.1, -0.05) is 17.7 Å². The molecule has 1 aromatic heterocycles. The highest BCUT2D eigenvalue weighted by molar-refractivity contribution is 7.92. The van der Waals surface area contributed by atoms with E-state index >= 15 is 0 Å². The van der Waals surface area contributed by atoms with Crippen molar-refractivity contribution in [3.05, 3.63) is 65.7 Å². The summed E-state index contributed by atoms with van der Waals surface area (Å²) in [6.45, 7) is 6.21. The highest BCUT2D eigenvalue weighted by Gasteiger charge is 2.17. The average molecular weight is 398 g/mol. The molecule has 28 heavy (non-hydrogen) atoms. The summed E-state index contributed by atoms with van der Waals surface area (Å²) in [5.74, 6) is 1.44. The van der Waals surface area contributed by atoms with Crippen molar-refractivity contribution in [2.75, 3.05) is 16.6 Å². The van der Waals surface area contributed by atoms with Crippen LogP contribution in [-0.2, 0) is 10.0 Å². The zero-order chi connectivity index (χ0) is 20.1. The molecule has 2 N–H and O–H groups in total. The predicted molar refractivity (Wildman–Crippen MR) is 110 cm³/mol. The Morgan fingerprint density at radius 2 is 1.61 bits per heavy atom. The fourth-order valence-electron chi connectivity index (χ4n) is 2.70. The van der Waals surface area contributed by atoms with E-state index in [1.165, 1.54) is 0 Å². The summed E-state index contributed by atoms with van der Waals surface area (Å²) in [5, 5.41) is 11.1. The van der Waals surface area contributed by atoms with Crippen LogP contribution >= 0.6 is 0 Å². The number of aryl methyl sites for hydroxylation is 2. The van der Waals surface area contributed by atoms with Gasteiger partial charge in [0.2, 0.25) is 0 Å². The van der Waals surface area contributed by atoms with Gasteiger partial charge in [0.15, 0.2) is 11.6 Å². The summed E-state index contributed by atoms with van der Waals surface area (Å²) in [4.78, 5) is 0.219. The van der Waals surface area contributed by atoms with Gasteiger partial charge in [-0.15, -0.1) is 10.2 Å². The molecule has 0 unspecified atom stereocenters. The van der Waals surface area contributed by atoms with Crippen molar-refractivity contribution >= 4 is 27.3 Å². The number of aromatic nitrogens is 2. The molecule has 0 aliphatic heterocycles. The lowest BCUT2D eigenvalue weighted by Crippen LogP contribution is -2.15. The van der Waals surface area contributed by atoms with E-state index in [1.807, 2.05) is 44.2 Å². The fraction of sp³-hybridized carbons (Fsp3) is 0.200. The van der Waals surface area contributed by atoms with Gasteiger partial charge in [0, 0.05) is 5.69 Å². The van der Waals surface area contributed by atoms with Crippen LogP contribution in [0.1, 0.15) is 18.1 Å². The molecule has 7 nitrogen and oxygen atoms in total. The zero-order valence-corrected chi connectivity index (χ0v) is 16.7. The molecule has 3 aromatic rings. The maximum Gasteiger partial charge on any atom is 0.263 e. The summed E-state index contributed by atoms with van der Waals surface area (Å²) in [6, 6.07) is 15.8. The second-order valence-electron chi connectivity index (χ2n) is 6.26. The van der Waals surface area contributed by atoms with Crippen molar-refractivity contribution < 1.29 is 13.2 Å². The highest BCUT2D eigenvalue weighted by Crippen LogP contribution is 2.21. The Labute approximate surface area is 164 Å². The zero-order valence-electron chi connectivity index (χ0n) is 15.9. The molecule has 2 aromatic carbocycles. The topological polar surface area (TPSA) is 93.2 Å². The molecule has 0 atom stereocenters. The van der Waals surface area contributed by atoms with E-state index in [1.54, 1.807) is 31.2 Å². The number of anilines is 3. The van der Waals surface area contributed by atoms with Gasteiger partial charge in [0.05, 0.1) is 11.5 Å². The summed E-state index contributed by atoms with van der Waals surface area (Å²) in [6.07, 6.45) is 0. The number of hydrogen-bond acceptors (Lipinski definition) is 6. The third-order valence-electron chi connectivity index (χ3n) is 3.96. The van der Waals surface area contributed by atoms with E-state index in [2.05, 4.69) is 20.2 Å². The van der Waals surface area contributed by atoms with Crippen molar-refractivity contribution in [3.63, 3.8) is 0 Å². The molecule has 146 valence electrons. The molecule has 0 radical (unpaired) electrons. The van der Waals surface area contributed by atoms with Crippen LogP contribution in [0.3, 0.4) is 0 Å². The second kappa shape index (κ2) is 8.26. The number of rotatable bonds is 7. The highest BCUT2D eigenvalue weighted by atomic mass is 32.2. The van der Waals surface area contributed by atoms with Gasteiger partial charge >= 0.3 is 0 Å². The molecule has 3 rings (SSSR count). The van der Waals surface area contributed by atoms with Gasteiger partial charge in [-0.3, -0.25) is 4.72 Å². The molecule has 0 spiro atoms. The second-order valence-corrected chi connectivity index (χ2v) is 7.91. The largest absolute Gasteiger partial charge is 0.494 e. The maximum absolute atomic E-state index is 12.6. The van der Waals surface area contributed by atoms with Crippen molar-refractivity contribution in [1.29, 1.82) is 0 Å². The molecule has 0 fully saturated rings. The van der Waals surface area contributed by atoms with Crippen LogP contribution in [-0.4, -0.2) is 25.2 Å². The van der Waals surface area contributed by atoms with Gasteiger partial charge in [-0.05, 0) is 68.8 Å². The molecular weight excluding hydrogens is 376 g/mol. The number of hydrogen-bond donors (Lipinski definition) is 2. The molecule has 0 bridgehead atoms. The Morgan fingerprint density at radius 3 is 2.21 bits per heavy atom. The Balaban J connectivity index is 1.70. The quantitative estimate of drug-likeness (QED) is 0.624. The molecule has 0 aliphatic rings. The molecule has 0 saturated carbocycles. The lowest BCUT2D eigenvalue weighted by atomic mass is 10.2. The fourth-order valence-corrected chi connectivity index (χ4v) is 3.92. The molecule has 1 heterocycles. The van der Waals surface area contributed by atoms with Crippen molar-refractivity contribution in [3.8, 4) is 5.75 Å². The van der Waals surface area contributed by atoms with Crippen LogP contribution < -0.4 is 14.8 Å². The van der Waals surface area contributed by atoms with Crippen molar-refractivity contribution in [2.24, 2.45) is 0 Å². The van der Waals surface area contributed by atoms with E-state index in [9.17, 15) is 8.42 Å². The molecule has 8 heteroatoms. The van der Waals surface area contributed by atoms with Crippen LogP contribution in [0.25, 0.3) is 0 Å². The number of sulfonamides is 1. The number of ether oxygens (including phenoxy) is 1. The minimum atomic E-state index is -3.73. The van der Waals surface area contributed by atoms with Crippen LogP contribution in [0.5, 0.6) is 5.75 Å². The minimum absolute atomic E-state index is 0.150. The van der Waals surface area contributed by atoms with Gasteiger partial charge in [0.1, 0.15) is 5.75 Å². The lowest BCUT2D eigenvalue weighted by Gasteiger charge is -2.11. The van der Waals surface area contributed by atoms with Gasteiger partial charge in [-0.25, -0.2) is 8.42 Å². The smallest absolute Gasteiger partial charge is 0.263 e. The lowest BCUT2D eigenvalue weighted by molar-refractivity contribution is 0.340. The SMILES string of the molecule is CCOc1ccc(Nc2ccc(NS(=O)(=O)c3ccc(C)cc3C)nn2)cc1. The minimum Gasteiger partial charge on any atom is -0.494 e. The van der Waals surface area contributed by atoms with Crippen molar-refractivity contribution in [2.45, 2.75) is 25.7 Å². The predicted octanol–water partition coefficient (Wildman–Crippen LogP) is 4.04. The van der Waals surface area contributed by atoms with Crippen LogP contribution in [0.2, 0.25) is 0 Å². The number of benzene rings is 2. The summed E-state index contributed by atoms with van der Waals surface area (Å²) in [7, 11) is -3.73. The van der Waals surface area contributed by atoms with E-state index in [0.717, 1.165) is 17.0 Å². The van der Waals surface area contributed by atoms with Crippen LogP contribution in [0, 0.1) is 13.8 Å². The first-order valence-corrected chi connectivity index (χ1v) is 10.3. The normalized spacial score (nSPS) is 11.1. The maximum atomic E-state index is 12.6. The first kappa shape index (κ1) is 19.6. The van der Waals surface area contributed by atoms with Crippen LogP contribution in [0.4, 0.5) is 17.3 Å². The molecular formula is C20H22N4O3S. The van der Waals surface area contributed by atoms with E-state index < -0.39 is 10.0 Å². The van der Waals surface area contributed by atoms with E-state index in [0.29, 0.717) is 18.0 Å². The summed E-state index contributed by atoms with van der Waals surface area (Å²) in [5.41, 5.74) is 2.50. The van der Waals surface area contributed by atoms with Crippen molar-refractivity contribution in [1.82, 2.24) is 10.2 Å². The molecule has 0 aliphatic carbocycles. The van der Waals surface area contributed by atoms with Gasteiger partial charge in [-0.2, -0.15) is 0 Å². The van der Waals surface area contributed by atoms with E-state index in [-0.39, 0.29) is 10.7 Å². The first-order valence-electron chi connectivity index (χ1n) is 8.81. The monoisotopic (exact) mass is 398 g/mol. The van der Waals surface area contributed by atoms with E-state index in [4.69, 9.17) is 4.74 Å². The van der Waals surface area contributed by atoms with Gasteiger partial charge in [0.25, 0.3) is 10.0 Å². The summed E-state index contributed by atoms with van der Waals surface area (Å²) >= 11 is 0. The molecule has 0 amide bonds. The first-order chi connectivity index (χ1) is 13.4. The third-order valence-corrected chi connectivity index (χ3v) is 5.48. The number of nitrogens with one attached hydrogen (secondary N) is 2. The van der Waals surface area contributed by atoms with Gasteiger partial charge < -0.3 is 10.1 Å².